The zero-order valence-electron chi connectivity index (χ0n) is 26.9. The number of hydrogen-bond donors (Lipinski definition) is 0. The molecule has 0 saturated carbocycles. The monoisotopic (exact) mass is 666 g/mol. The van der Waals surface area contributed by atoms with Crippen LogP contribution in [0.3, 0.4) is 0 Å². The molecule has 0 amide bonds. The van der Waals surface area contributed by atoms with Gasteiger partial charge in [0.05, 0.1) is 0 Å². The minimum Gasteiger partial charge on any atom is -0.184 e. The fourth-order valence-electron chi connectivity index (χ4n) is 4.37. The van der Waals surface area contributed by atoms with Gasteiger partial charge in [-0.1, -0.05) is 85.1 Å². The van der Waals surface area contributed by atoms with Gasteiger partial charge in [0, 0.05) is 0 Å². The van der Waals surface area contributed by atoms with Gasteiger partial charge in [-0.15, -0.1) is 42.9 Å². The molecular formula is C38H50Cl2Zr-4. The summed E-state index contributed by atoms with van der Waals surface area (Å²) in [6, 6.07) is 27.7. The van der Waals surface area contributed by atoms with Gasteiger partial charge in [0.1, 0.15) is 0 Å². The summed E-state index contributed by atoms with van der Waals surface area (Å²) < 4.78 is 3.34. The van der Waals surface area contributed by atoms with E-state index in [0.29, 0.717) is 5.92 Å². The van der Waals surface area contributed by atoms with Crippen LogP contribution in [0, 0.1) is 31.1 Å². The molecule has 0 saturated heterocycles. The Morgan fingerprint density at radius 2 is 1.39 bits per heavy atom. The molecule has 0 heterocycles. The number of fused-ring (bicyclic) bond motifs is 3. The third-order valence-corrected chi connectivity index (χ3v) is 6.61. The maximum absolute atomic E-state index is 3.67. The van der Waals surface area contributed by atoms with E-state index in [4.69, 9.17) is 0 Å². The summed E-state index contributed by atoms with van der Waals surface area (Å²) in [5, 5.41) is 0. The molecule has 3 aromatic carbocycles. The van der Waals surface area contributed by atoms with E-state index < -0.39 is 0 Å². The van der Waals surface area contributed by atoms with Crippen molar-refractivity contribution in [1.82, 2.24) is 0 Å². The molecule has 3 aromatic rings. The Kier molecular flexibility index (Phi) is 19.9. The van der Waals surface area contributed by atoms with Crippen LogP contribution in [0.15, 0.2) is 77.9 Å². The number of benzene rings is 3. The molecule has 1 unspecified atom stereocenters. The van der Waals surface area contributed by atoms with E-state index in [0.717, 1.165) is 6.42 Å². The third-order valence-electron chi connectivity index (χ3n) is 6.61. The molecule has 41 heavy (non-hydrogen) atoms. The summed E-state index contributed by atoms with van der Waals surface area (Å²) in [6.45, 7) is 25.0. The molecule has 1 atom stereocenters. The standard InChI is InChI=1S/C21H25.C8H11.C6H5.C2H5.CH2.2ClH.Zr/c1-20(2,3)16-7-9-18-14(12-16)11-15-13-17(21(4,5)6)8-10-19(15)18;1-6-4-7(2)8(3)5-6;1-2-4-6-5-3-1;1-2;;;;/h7-10,12H,11H2,1-6H3;4,6H,1-3H3;1-5H;1H2,2H3;1H2;2*1H;/q4*-1;;;;. The van der Waals surface area contributed by atoms with Gasteiger partial charge in [0.15, 0.2) is 0 Å². The SMILES string of the molecule is CC(C)(C)c1[c-]c2c(cc1)-c1ccc(C(C)(C)C)cc1C2.CC1=[C-]C(C)C=C1C.Cl.Cl.[CH2-]C.[CH2]=[Zr].[c-]1ccccc1. The Morgan fingerprint density at radius 3 is 1.76 bits per heavy atom. The zero-order valence-corrected chi connectivity index (χ0v) is 31.0. The van der Waals surface area contributed by atoms with Crippen molar-refractivity contribution in [2.24, 2.45) is 5.92 Å². The fraction of sp³-hybridized carbons (Fsp3) is 0.368. The Bertz CT molecular complexity index is 1120. The molecule has 5 rings (SSSR count). The molecule has 3 heteroatoms. The molecule has 0 bridgehead atoms. The van der Waals surface area contributed by atoms with Crippen molar-refractivity contribution < 1.29 is 24.2 Å². The third kappa shape index (κ3) is 13.1. The Hall–Kier alpha value is -1.53. The quantitative estimate of drug-likeness (QED) is 0.164. The van der Waals surface area contributed by atoms with Crippen molar-refractivity contribution >= 4 is 29.0 Å². The second kappa shape index (κ2) is 19.6. The van der Waals surface area contributed by atoms with Crippen LogP contribution >= 0.6 is 24.8 Å². The van der Waals surface area contributed by atoms with Crippen molar-refractivity contribution in [3.05, 3.63) is 125 Å². The van der Waals surface area contributed by atoms with Gasteiger partial charge in [0.25, 0.3) is 0 Å². The predicted octanol–water partition coefficient (Wildman–Crippen LogP) is 11.1. The van der Waals surface area contributed by atoms with Crippen LogP contribution in [-0.4, -0.2) is 4.21 Å². The maximum atomic E-state index is 3.67. The Labute approximate surface area is 280 Å². The summed E-state index contributed by atoms with van der Waals surface area (Å²) in [5.41, 5.74) is 11.4. The average molecular weight is 669 g/mol. The molecule has 0 nitrogen and oxygen atoms in total. The van der Waals surface area contributed by atoms with Gasteiger partial charge in [0.2, 0.25) is 0 Å². The van der Waals surface area contributed by atoms with E-state index in [2.05, 4.69) is 128 Å². The molecule has 0 spiro atoms. The van der Waals surface area contributed by atoms with E-state index in [-0.39, 0.29) is 35.6 Å². The first-order chi connectivity index (χ1) is 18.4. The van der Waals surface area contributed by atoms with Crippen LogP contribution in [0.25, 0.3) is 11.1 Å². The number of halogens is 2. The van der Waals surface area contributed by atoms with Crippen LogP contribution in [-0.2, 0) is 41.5 Å². The van der Waals surface area contributed by atoms with E-state index in [9.17, 15) is 0 Å². The van der Waals surface area contributed by atoms with Crippen LogP contribution in [0.2, 0.25) is 0 Å². The number of hydrogen-bond acceptors (Lipinski definition) is 0. The van der Waals surface area contributed by atoms with Gasteiger partial charge in [-0.05, 0) is 28.4 Å². The van der Waals surface area contributed by atoms with E-state index in [1.807, 2.05) is 30.3 Å². The smallest absolute Gasteiger partial charge is 0.171 e. The summed E-state index contributed by atoms with van der Waals surface area (Å²) in [4.78, 5) is 0. The normalized spacial score (nSPS) is 14.0. The molecule has 0 radical (unpaired) electrons. The van der Waals surface area contributed by atoms with Gasteiger partial charge in [-0.2, -0.15) is 73.2 Å². The zero-order chi connectivity index (χ0) is 29.8. The molecule has 224 valence electrons. The Balaban J connectivity index is 0. The van der Waals surface area contributed by atoms with Crippen LogP contribution in [0.5, 0.6) is 0 Å². The molecule has 0 aromatic heterocycles. The fourth-order valence-corrected chi connectivity index (χ4v) is 4.37. The average Bonchev–Trinajstić information content (AvgIpc) is 3.43. The minimum atomic E-state index is 0. The minimum absolute atomic E-state index is 0. The first kappa shape index (κ1) is 41.6. The van der Waals surface area contributed by atoms with Crippen LogP contribution < -0.4 is 0 Å². The topological polar surface area (TPSA) is 0 Å². The molecule has 0 fully saturated rings. The molecule has 2 aliphatic carbocycles. The second-order valence-electron chi connectivity index (χ2n) is 11.8. The first-order valence-electron chi connectivity index (χ1n) is 13.8. The molecule has 0 N–H and O–H groups in total. The molecular weight excluding hydrogens is 619 g/mol. The number of allylic oxidation sites excluding steroid dienone is 4. The summed E-state index contributed by atoms with van der Waals surface area (Å²) in [5.74, 6) is 0.551. The molecule has 0 aliphatic heterocycles. The van der Waals surface area contributed by atoms with Gasteiger partial charge < -0.3 is 6.92 Å². The van der Waals surface area contributed by atoms with Crippen molar-refractivity contribution in [1.29, 1.82) is 0 Å². The molecule has 2 aliphatic rings. The first-order valence-corrected chi connectivity index (χ1v) is 15.6. The summed E-state index contributed by atoms with van der Waals surface area (Å²) in [6.07, 6.45) is 6.55. The van der Waals surface area contributed by atoms with E-state index >= 15 is 0 Å². The van der Waals surface area contributed by atoms with Crippen LogP contribution in [0.1, 0.15) is 91.5 Å². The van der Waals surface area contributed by atoms with Gasteiger partial charge >= 0.3 is 28.4 Å². The van der Waals surface area contributed by atoms with E-state index in [1.54, 1.807) is 6.92 Å². The largest absolute Gasteiger partial charge is 0.184 e. The number of rotatable bonds is 0. The summed E-state index contributed by atoms with van der Waals surface area (Å²) in [7, 11) is 0. The van der Waals surface area contributed by atoms with Crippen molar-refractivity contribution in [2.45, 2.75) is 86.5 Å². The van der Waals surface area contributed by atoms with Crippen molar-refractivity contribution in [3.63, 3.8) is 0 Å². The van der Waals surface area contributed by atoms with E-state index in [1.165, 1.54) is 68.8 Å². The Morgan fingerprint density at radius 1 is 0.829 bits per heavy atom. The van der Waals surface area contributed by atoms with Gasteiger partial charge in [-0.3, -0.25) is 6.08 Å². The van der Waals surface area contributed by atoms with Crippen LogP contribution in [0.4, 0.5) is 0 Å². The summed E-state index contributed by atoms with van der Waals surface area (Å²) >= 11 is 1.30. The van der Waals surface area contributed by atoms with Crippen molar-refractivity contribution in [3.8, 4) is 11.1 Å². The maximum Gasteiger partial charge on any atom is -0.171 e. The predicted molar refractivity (Wildman–Crippen MR) is 184 cm³/mol. The van der Waals surface area contributed by atoms with Gasteiger partial charge in [-0.25, -0.2) is 11.1 Å². The van der Waals surface area contributed by atoms with Crippen molar-refractivity contribution in [2.75, 3.05) is 0 Å². The second-order valence-corrected chi connectivity index (χ2v) is 11.8.